The van der Waals surface area contributed by atoms with Gasteiger partial charge in [0.15, 0.2) is 0 Å². The molecule has 1 aromatic carbocycles. The van der Waals surface area contributed by atoms with E-state index in [1.54, 1.807) is 0 Å². The number of benzene rings is 1. The molecule has 4 heteroatoms. The number of hydrogen-bond donors (Lipinski definition) is 1. The number of nitrogens with one attached hydrogen (secondary N) is 1. The molecule has 2 aliphatic rings. The van der Waals surface area contributed by atoms with E-state index >= 15 is 0 Å². The monoisotopic (exact) mass is 300 g/mol. The highest BCUT2D eigenvalue weighted by Crippen LogP contribution is 2.26. The summed E-state index contributed by atoms with van der Waals surface area (Å²) in [5.74, 6) is 0.509. The number of carbonyl (C=O) groups is 2. The van der Waals surface area contributed by atoms with Gasteiger partial charge in [0.05, 0.1) is 6.04 Å². The lowest BCUT2D eigenvalue weighted by atomic mass is 10.0. The number of nitrogens with zero attached hydrogens (tertiary/aromatic N) is 1. The molecule has 3 rings (SSSR count). The SMILES string of the molecule is O=C(N[C@H](CN1CCCC1=O)c1ccccc1)C1CCCC1. The minimum absolute atomic E-state index is 0.101. The van der Waals surface area contributed by atoms with E-state index in [4.69, 9.17) is 0 Å². The summed E-state index contributed by atoms with van der Waals surface area (Å²) in [6.45, 7) is 1.39. The van der Waals surface area contributed by atoms with Crippen molar-refractivity contribution < 1.29 is 9.59 Å². The van der Waals surface area contributed by atoms with Gasteiger partial charge in [-0.3, -0.25) is 9.59 Å². The van der Waals surface area contributed by atoms with Gasteiger partial charge in [0, 0.05) is 25.4 Å². The molecule has 0 radical (unpaired) electrons. The predicted octanol–water partition coefficient (Wildman–Crippen LogP) is 2.66. The highest BCUT2D eigenvalue weighted by molar-refractivity contribution is 5.80. The van der Waals surface area contributed by atoms with Crippen LogP contribution in [0.4, 0.5) is 0 Å². The molecule has 1 saturated carbocycles. The van der Waals surface area contributed by atoms with Crippen LogP contribution >= 0.6 is 0 Å². The van der Waals surface area contributed by atoms with Crippen molar-refractivity contribution in [3.63, 3.8) is 0 Å². The molecular weight excluding hydrogens is 276 g/mol. The van der Waals surface area contributed by atoms with E-state index in [9.17, 15) is 9.59 Å². The first-order chi connectivity index (χ1) is 10.7. The van der Waals surface area contributed by atoms with E-state index in [0.29, 0.717) is 13.0 Å². The summed E-state index contributed by atoms with van der Waals surface area (Å²) in [5.41, 5.74) is 1.08. The average molecular weight is 300 g/mol. The van der Waals surface area contributed by atoms with Crippen LogP contribution in [0.1, 0.15) is 50.1 Å². The van der Waals surface area contributed by atoms with Gasteiger partial charge in [-0.2, -0.15) is 0 Å². The van der Waals surface area contributed by atoms with E-state index in [1.807, 2.05) is 35.2 Å². The first-order valence-corrected chi connectivity index (χ1v) is 8.37. The first kappa shape index (κ1) is 15.1. The Kier molecular flexibility index (Phi) is 4.76. The fourth-order valence-electron chi connectivity index (χ4n) is 3.51. The van der Waals surface area contributed by atoms with Gasteiger partial charge in [0.25, 0.3) is 0 Å². The Morgan fingerprint density at radius 1 is 1.18 bits per heavy atom. The second-order valence-electron chi connectivity index (χ2n) is 6.40. The molecule has 2 fully saturated rings. The Bertz CT molecular complexity index is 523. The molecule has 1 N–H and O–H groups in total. The normalized spacial score (nSPS) is 20.4. The largest absolute Gasteiger partial charge is 0.347 e. The van der Waals surface area contributed by atoms with Gasteiger partial charge in [-0.25, -0.2) is 0 Å². The molecule has 2 amide bonds. The lowest BCUT2D eigenvalue weighted by Crippen LogP contribution is -2.40. The van der Waals surface area contributed by atoms with Crippen molar-refractivity contribution in [2.24, 2.45) is 5.92 Å². The Morgan fingerprint density at radius 3 is 2.55 bits per heavy atom. The van der Waals surface area contributed by atoms with Gasteiger partial charge in [-0.1, -0.05) is 43.2 Å². The minimum atomic E-state index is -0.101. The Labute approximate surface area is 131 Å². The molecule has 22 heavy (non-hydrogen) atoms. The zero-order valence-electron chi connectivity index (χ0n) is 13.0. The molecule has 0 spiro atoms. The summed E-state index contributed by atoms with van der Waals surface area (Å²) in [4.78, 5) is 26.2. The summed E-state index contributed by atoms with van der Waals surface area (Å²) < 4.78 is 0. The van der Waals surface area contributed by atoms with Crippen molar-refractivity contribution >= 4 is 11.8 Å². The standard InChI is InChI=1S/C18H24N2O2/c21-17-11-6-12-20(17)13-16(14-7-2-1-3-8-14)19-18(22)15-9-4-5-10-15/h1-3,7-8,15-16H,4-6,9-13H2,(H,19,22)/t16-/m1/s1. The third-order valence-corrected chi connectivity index (χ3v) is 4.82. The van der Waals surface area contributed by atoms with Crippen molar-refractivity contribution in [1.29, 1.82) is 0 Å². The molecular formula is C18H24N2O2. The molecule has 0 unspecified atom stereocenters. The molecule has 1 atom stereocenters. The molecule has 1 aliphatic heterocycles. The van der Waals surface area contributed by atoms with Gasteiger partial charge in [-0.15, -0.1) is 0 Å². The van der Waals surface area contributed by atoms with Crippen molar-refractivity contribution in [3.05, 3.63) is 35.9 Å². The third-order valence-electron chi connectivity index (χ3n) is 4.82. The molecule has 0 aromatic heterocycles. The smallest absolute Gasteiger partial charge is 0.223 e. The topological polar surface area (TPSA) is 49.4 Å². The molecule has 1 aliphatic carbocycles. The summed E-state index contributed by atoms with van der Waals surface area (Å²) in [6.07, 6.45) is 5.86. The molecule has 1 aromatic rings. The average Bonchev–Trinajstić information content (AvgIpc) is 3.20. The molecule has 4 nitrogen and oxygen atoms in total. The molecule has 1 saturated heterocycles. The van der Waals surface area contributed by atoms with Crippen molar-refractivity contribution in [3.8, 4) is 0 Å². The quantitative estimate of drug-likeness (QED) is 0.909. The number of likely N-dealkylation sites (tertiary alicyclic amines) is 1. The van der Waals surface area contributed by atoms with Gasteiger partial charge < -0.3 is 10.2 Å². The zero-order valence-corrected chi connectivity index (χ0v) is 13.0. The van der Waals surface area contributed by atoms with Gasteiger partial charge in [-0.05, 0) is 24.8 Å². The fraction of sp³-hybridized carbons (Fsp3) is 0.556. The van der Waals surface area contributed by atoms with Crippen molar-refractivity contribution in [2.45, 2.75) is 44.6 Å². The Balaban J connectivity index is 1.70. The van der Waals surface area contributed by atoms with E-state index in [1.165, 1.54) is 0 Å². The fourth-order valence-corrected chi connectivity index (χ4v) is 3.51. The maximum absolute atomic E-state index is 12.5. The van der Waals surface area contributed by atoms with Crippen LogP contribution in [0.5, 0.6) is 0 Å². The van der Waals surface area contributed by atoms with Crippen LogP contribution in [0, 0.1) is 5.92 Å². The van der Waals surface area contributed by atoms with E-state index in [2.05, 4.69) is 5.32 Å². The maximum atomic E-state index is 12.5. The number of amides is 2. The lowest BCUT2D eigenvalue weighted by molar-refractivity contribution is -0.130. The molecule has 0 bridgehead atoms. The van der Waals surface area contributed by atoms with Crippen LogP contribution in [0.2, 0.25) is 0 Å². The number of hydrogen-bond acceptors (Lipinski definition) is 2. The Hall–Kier alpha value is -1.84. The number of carbonyl (C=O) groups excluding carboxylic acids is 2. The van der Waals surface area contributed by atoms with Crippen molar-refractivity contribution in [2.75, 3.05) is 13.1 Å². The Morgan fingerprint density at radius 2 is 1.91 bits per heavy atom. The predicted molar refractivity (Wildman–Crippen MR) is 85.1 cm³/mol. The van der Waals surface area contributed by atoms with Gasteiger partial charge in [0.1, 0.15) is 0 Å². The summed E-state index contributed by atoms with van der Waals surface area (Å²) in [7, 11) is 0. The number of rotatable bonds is 5. The van der Waals surface area contributed by atoms with Crippen LogP contribution < -0.4 is 5.32 Å². The van der Waals surface area contributed by atoms with Crippen LogP contribution in [-0.2, 0) is 9.59 Å². The molecule has 118 valence electrons. The minimum Gasteiger partial charge on any atom is -0.347 e. The molecule has 1 heterocycles. The summed E-state index contributed by atoms with van der Waals surface area (Å²) >= 11 is 0. The summed E-state index contributed by atoms with van der Waals surface area (Å²) in [6, 6.07) is 9.89. The van der Waals surface area contributed by atoms with E-state index in [0.717, 1.165) is 44.2 Å². The van der Waals surface area contributed by atoms with Crippen LogP contribution in [0.25, 0.3) is 0 Å². The van der Waals surface area contributed by atoms with Gasteiger partial charge in [0.2, 0.25) is 11.8 Å². The first-order valence-electron chi connectivity index (χ1n) is 8.37. The van der Waals surface area contributed by atoms with E-state index in [-0.39, 0.29) is 23.8 Å². The highest BCUT2D eigenvalue weighted by Gasteiger charge is 2.28. The van der Waals surface area contributed by atoms with Crippen LogP contribution in [-0.4, -0.2) is 29.8 Å². The zero-order chi connectivity index (χ0) is 15.4. The highest BCUT2D eigenvalue weighted by atomic mass is 16.2. The summed E-state index contributed by atoms with van der Waals surface area (Å²) in [5, 5.41) is 3.19. The van der Waals surface area contributed by atoms with E-state index < -0.39 is 0 Å². The third kappa shape index (κ3) is 3.49. The van der Waals surface area contributed by atoms with Gasteiger partial charge >= 0.3 is 0 Å². The van der Waals surface area contributed by atoms with Crippen LogP contribution in [0.15, 0.2) is 30.3 Å². The second kappa shape index (κ2) is 6.95. The second-order valence-corrected chi connectivity index (χ2v) is 6.40. The maximum Gasteiger partial charge on any atom is 0.223 e. The lowest BCUT2D eigenvalue weighted by Gasteiger charge is -2.26. The van der Waals surface area contributed by atoms with Crippen LogP contribution in [0.3, 0.4) is 0 Å². The van der Waals surface area contributed by atoms with Crippen molar-refractivity contribution in [1.82, 2.24) is 10.2 Å².